The van der Waals surface area contributed by atoms with Crippen LogP contribution in [0, 0.1) is 0 Å². The number of likely N-dealkylation sites (tertiary alicyclic amines) is 1. The van der Waals surface area contributed by atoms with Crippen molar-refractivity contribution in [3.8, 4) is 0 Å². The highest BCUT2D eigenvalue weighted by Gasteiger charge is 2.29. The van der Waals surface area contributed by atoms with E-state index in [1.54, 1.807) is 18.0 Å². The van der Waals surface area contributed by atoms with Crippen LogP contribution in [0.5, 0.6) is 0 Å². The van der Waals surface area contributed by atoms with Gasteiger partial charge in [-0.1, -0.05) is 0 Å². The fraction of sp³-hybridized carbons (Fsp3) is 0.714. The zero-order valence-electron chi connectivity index (χ0n) is 13.1. The number of urea groups is 1. The summed E-state index contributed by atoms with van der Waals surface area (Å²) in [7, 11) is 5.73. The van der Waals surface area contributed by atoms with Crippen LogP contribution in [0.4, 0.5) is 10.5 Å². The van der Waals surface area contributed by atoms with E-state index in [4.69, 9.17) is 4.74 Å². The van der Waals surface area contributed by atoms with E-state index in [0.717, 1.165) is 31.6 Å². The molecule has 1 fully saturated rings. The monoisotopic (exact) mass is 295 g/mol. The summed E-state index contributed by atoms with van der Waals surface area (Å²) >= 11 is 0. The molecule has 2 heterocycles. The number of amides is 2. The number of carbonyl (C=O) groups is 1. The molecule has 118 valence electrons. The first-order valence-electron chi connectivity index (χ1n) is 7.34. The lowest BCUT2D eigenvalue weighted by atomic mass is 10.2. The summed E-state index contributed by atoms with van der Waals surface area (Å²) in [6, 6.07) is 0.258. The Kier molecular flexibility index (Phi) is 5.58. The van der Waals surface area contributed by atoms with Crippen LogP contribution in [0.2, 0.25) is 0 Å². The topological polar surface area (TPSA) is 62.6 Å². The Balaban J connectivity index is 1.89. The van der Waals surface area contributed by atoms with Gasteiger partial charge in [0.1, 0.15) is 0 Å². The van der Waals surface area contributed by atoms with Crippen molar-refractivity contribution in [2.24, 2.45) is 0 Å². The molecule has 7 heteroatoms. The van der Waals surface area contributed by atoms with Crippen molar-refractivity contribution < 1.29 is 9.53 Å². The molecule has 1 aromatic rings. The average Bonchev–Trinajstić information content (AvgIpc) is 3.05. The molecule has 0 spiro atoms. The molecule has 0 bridgehead atoms. The molecule has 1 aliphatic heterocycles. The van der Waals surface area contributed by atoms with Gasteiger partial charge in [0.15, 0.2) is 0 Å². The lowest BCUT2D eigenvalue weighted by Gasteiger charge is -2.27. The maximum Gasteiger partial charge on any atom is 0.322 e. The second kappa shape index (κ2) is 7.42. The molecule has 1 saturated heterocycles. The third-order valence-corrected chi connectivity index (χ3v) is 3.62. The first-order valence-corrected chi connectivity index (χ1v) is 7.34. The number of methoxy groups -OCH3 is 1. The third-order valence-electron chi connectivity index (χ3n) is 3.62. The molecular weight excluding hydrogens is 270 g/mol. The first kappa shape index (κ1) is 15.8. The molecule has 0 saturated carbocycles. The summed E-state index contributed by atoms with van der Waals surface area (Å²) in [5.41, 5.74) is 0.728. The minimum atomic E-state index is -0.0364. The Labute approximate surface area is 125 Å². The summed E-state index contributed by atoms with van der Waals surface area (Å²) in [6.07, 6.45) is 5.64. The minimum absolute atomic E-state index is 0.0364. The molecular formula is C14H25N5O2. The standard InChI is InChI=1S/C14H25N5O2/c1-17(2)11-13-5-4-6-19(13)14(20)16-12-9-15-18(10-12)7-8-21-3/h9-10,13H,4-8,11H2,1-3H3,(H,16,20). The molecule has 0 radical (unpaired) electrons. The van der Waals surface area contributed by atoms with E-state index in [1.165, 1.54) is 0 Å². The van der Waals surface area contributed by atoms with E-state index in [2.05, 4.69) is 15.3 Å². The van der Waals surface area contributed by atoms with Crippen molar-refractivity contribution in [1.29, 1.82) is 0 Å². The van der Waals surface area contributed by atoms with Crippen LogP contribution < -0.4 is 5.32 Å². The number of carbonyl (C=O) groups excluding carboxylic acids is 1. The molecule has 1 N–H and O–H groups in total. The van der Waals surface area contributed by atoms with Crippen LogP contribution in [-0.4, -0.2) is 72.6 Å². The molecule has 1 aromatic heterocycles. The fourth-order valence-corrected chi connectivity index (χ4v) is 2.64. The van der Waals surface area contributed by atoms with Crippen molar-refractivity contribution >= 4 is 11.7 Å². The summed E-state index contributed by atoms with van der Waals surface area (Å²) in [5, 5.41) is 7.12. The quantitative estimate of drug-likeness (QED) is 0.853. The number of hydrogen-bond donors (Lipinski definition) is 1. The number of nitrogens with one attached hydrogen (secondary N) is 1. The second-order valence-corrected chi connectivity index (χ2v) is 5.67. The number of ether oxygens (including phenoxy) is 1. The molecule has 2 rings (SSSR count). The number of likely N-dealkylation sites (N-methyl/N-ethyl adjacent to an activating group) is 1. The lowest BCUT2D eigenvalue weighted by Crippen LogP contribution is -2.43. The van der Waals surface area contributed by atoms with Gasteiger partial charge in [-0.3, -0.25) is 4.68 Å². The molecule has 1 atom stereocenters. The Bertz CT molecular complexity index is 460. The molecule has 7 nitrogen and oxygen atoms in total. The van der Waals surface area contributed by atoms with Crippen molar-refractivity contribution in [3.63, 3.8) is 0 Å². The number of anilines is 1. The fourth-order valence-electron chi connectivity index (χ4n) is 2.64. The van der Waals surface area contributed by atoms with Gasteiger partial charge in [-0.25, -0.2) is 4.79 Å². The van der Waals surface area contributed by atoms with Gasteiger partial charge in [0.2, 0.25) is 0 Å². The number of hydrogen-bond acceptors (Lipinski definition) is 4. The predicted molar refractivity (Wildman–Crippen MR) is 81.4 cm³/mol. The third kappa shape index (κ3) is 4.44. The zero-order valence-corrected chi connectivity index (χ0v) is 13.1. The maximum absolute atomic E-state index is 12.4. The highest BCUT2D eigenvalue weighted by Crippen LogP contribution is 2.19. The van der Waals surface area contributed by atoms with Gasteiger partial charge < -0.3 is 19.9 Å². The van der Waals surface area contributed by atoms with Gasteiger partial charge in [0, 0.05) is 32.4 Å². The van der Waals surface area contributed by atoms with Gasteiger partial charge >= 0.3 is 6.03 Å². The highest BCUT2D eigenvalue weighted by atomic mass is 16.5. The number of aromatic nitrogens is 2. The average molecular weight is 295 g/mol. The van der Waals surface area contributed by atoms with Crippen LogP contribution in [-0.2, 0) is 11.3 Å². The van der Waals surface area contributed by atoms with E-state index in [9.17, 15) is 4.79 Å². The molecule has 0 aliphatic carbocycles. The number of nitrogens with zero attached hydrogens (tertiary/aromatic N) is 4. The molecule has 0 aromatic carbocycles. The second-order valence-electron chi connectivity index (χ2n) is 5.67. The van der Waals surface area contributed by atoms with Gasteiger partial charge in [-0.05, 0) is 26.9 Å². The normalized spacial score (nSPS) is 18.5. The smallest absolute Gasteiger partial charge is 0.322 e. The van der Waals surface area contributed by atoms with Crippen LogP contribution in [0.25, 0.3) is 0 Å². The van der Waals surface area contributed by atoms with Gasteiger partial charge in [-0.15, -0.1) is 0 Å². The van der Waals surface area contributed by atoms with Crippen LogP contribution >= 0.6 is 0 Å². The lowest BCUT2D eigenvalue weighted by molar-refractivity contribution is 0.183. The van der Waals surface area contributed by atoms with Gasteiger partial charge in [0.05, 0.1) is 25.0 Å². The molecule has 2 amide bonds. The SMILES string of the molecule is COCCn1cc(NC(=O)N2CCCC2CN(C)C)cn1. The van der Waals surface area contributed by atoms with Crippen molar-refractivity contribution in [2.75, 3.05) is 46.2 Å². The van der Waals surface area contributed by atoms with E-state index >= 15 is 0 Å². The summed E-state index contributed by atoms with van der Waals surface area (Å²) in [6.45, 7) is 3.01. The Hall–Kier alpha value is -1.60. The molecule has 21 heavy (non-hydrogen) atoms. The van der Waals surface area contributed by atoms with Crippen molar-refractivity contribution in [3.05, 3.63) is 12.4 Å². The summed E-state index contributed by atoms with van der Waals surface area (Å²) < 4.78 is 6.77. The Morgan fingerprint density at radius 2 is 2.38 bits per heavy atom. The van der Waals surface area contributed by atoms with Crippen LogP contribution in [0.1, 0.15) is 12.8 Å². The Morgan fingerprint density at radius 1 is 1.57 bits per heavy atom. The van der Waals surface area contributed by atoms with E-state index in [0.29, 0.717) is 19.2 Å². The number of rotatable bonds is 6. The van der Waals surface area contributed by atoms with Gasteiger partial charge in [0.25, 0.3) is 0 Å². The summed E-state index contributed by atoms with van der Waals surface area (Å²) in [4.78, 5) is 16.4. The highest BCUT2D eigenvalue weighted by molar-refractivity contribution is 5.89. The van der Waals surface area contributed by atoms with E-state index in [-0.39, 0.29) is 6.03 Å². The van der Waals surface area contributed by atoms with Gasteiger partial charge in [-0.2, -0.15) is 5.10 Å². The van der Waals surface area contributed by atoms with Crippen LogP contribution in [0.15, 0.2) is 12.4 Å². The molecule has 1 unspecified atom stereocenters. The van der Waals surface area contributed by atoms with Crippen LogP contribution in [0.3, 0.4) is 0 Å². The minimum Gasteiger partial charge on any atom is -0.383 e. The molecule has 1 aliphatic rings. The predicted octanol–water partition coefficient (Wildman–Crippen LogP) is 1.09. The first-order chi connectivity index (χ1) is 10.1. The zero-order chi connectivity index (χ0) is 15.2. The van der Waals surface area contributed by atoms with E-state index in [1.807, 2.05) is 25.2 Å². The largest absolute Gasteiger partial charge is 0.383 e. The van der Waals surface area contributed by atoms with E-state index < -0.39 is 0 Å². The van der Waals surface area contributed by atoms with Crippen molar-refractivity contribution in [2.45, 2.75) is 25.4 Å². The summed E-state index contributed by atoms with van der Waals surface area (Å²) in [5.74, 6) is 0. The Morgan fingerprint density at radius 3 is 3.10 bits per heavy atom. The van der Waals surface area contributed by atoms with Crippen molar-refractivity contribution in [1.82, 2.24) is 19.6 Å². The maximum atomic E-state index is 12.4.